The molecule has 16 heavy (non-hydrogen) atoms. The van der Waals surface area contributed by atoms with Crippen molar-refractivity contribution in [2.45, 2.75) is 26.7 Å². The van der Waals surface area contributed by atoms with Crippen LogP contribution in [0.4, 0.5) is 0 Å². The van der Waals surface area contributed by atoms with Crippen LogP contribution in [-0.2, 0) is 4.79 Å². The van der Waals surface area contributed by atoms with E-state index in [0.717, 1.165) is 16.7 Å². The van der Waals surface area contributed by atoms with Gasteiger partial charge in [-0.15, -0.1) is 0 Å². The van der Waals surface area contributed by atoms with Gasteiger partial charge in [-0.25, -0.2) is 0 Å². The van der Waals surface area contributed by atoms with Crippen molar-refractivity contribution in [1.29, 1.82) is 0 Å². The number of aryl methyl sites for hydroxylation is 2. The Morgan fingerprint density at radius 3 is 2.44 bits per heavy atom. The molecule has 1 aromatic carbocycles. The summed E-state index contributed by atoms with van der Waals surface area (Å²) in [7, 11) is 1.57. The number of rotatable bonds is 4. The van der Waals surface area contributed by atoms with Crippen LogP contribution in [-0.4, -0.2) is 18.7 Å². The first-order valence-corrected chi connectivity index (χ1v) is 5.35. The highest BCUT2D eigenvalue weighted by Gasteiger charge is 2.10. The fourth-order valence-electron chi connectivity index (χ4n) is 1.61. The Bertz CT molecular complexity index is 410. The van der Waals surface area contributed by atoms with E-state index in [-0.39, 0.29) is 24.5 Å². The second kappa shape index (κ2) is 5.45. The van der Waals surface area contributed by atoms with E-state index in [4.69, 9.17) is 0 Å². The van der Waals surface area contributed by atoms with Crippen molar-refractivity contribution in [2.75, 3.05) is 7.05 Å². The normalized spacial score (nSPS) is 9.94. The lowest BCUT2D eigenvalue weighted by Crippen LogP contribution is -2.18. The van der Waals surface area contributed by atoms with Crippen LogP contribution >= 0.6 is 0 Å². The zero-order valence-electron chi connectivity index (χ0n) is 9.96. The van der Waals surface area contributed by atoms with Gasteiger partial charge in [0.15, 0.2) is 5.78 Å². The molecule has 0 atom stereocenters. The van der Waals surface area contributed by atoms with Crippen LogP contribution in [0, 0.1) is 13.8 Å². The second-order valence-electron chi connectivity index (χ2n) is 3.91. The lowest BCUT2D eigenvalue weighted by atomic mass is 9.99. The molecule has 0 unspecified atom stereocenters. The Kier molecular flexibility index (Phi) is 4.23. The zero-order valence-corrected chi connectivity index (χ0v) is 9.96. The van der Waals surface area contributed by atoms with Crippen LogP contribution in [0.25, 0.3) is 0 Å². The van der Waals surface area contributed by atoms with Gasteiger partial charge in [0, 0.05) is 25.5 Å². The van der Waals surface area contributed by atoms with E-state index in [1.165, 1.54) is 0 Å². The topological polar surface area (TPSA) is 46.2 Å². The van der Waals surface area contributed by atoms with Gasteiger partial charge in [-0.1, -0.05) is 23.8 Å². The van der Waals surface area contributed by atoms with E-state index < -0.39 is 0 Å². The van der Waals surface area contributed by atoms with E-state index in [9.17, 15) is 9.59 Å². The van der Waals surface area contributed by atoms with Gasteiger partial charge in [-0.3, -0.25) is 9.59 Å². The predicted octanol–water partition coefficient (Wildman–Crippen LogP) is 2.01. The van der Waals surface area contributed by atoms with Gasteiger partial charge in [0.25, 0.3) is 0 Å². The van der Waals surface area contributed by atoms with E-state index in [0.29, 0.717) is 0 Å². The molecule has 3 heteroatoms. The van der Waals surface area contributed by atoms with Gasteiger partial charge in [0.2, 0.25) is 5.91 Å². The first kappa shape index (κ1) is 12.4. The number of carbonyl (C=O) groups excluding carboxylic acids is 2. The Morgan fingerprint density at radius 2 is 1.88 bits per heavy atom. The molecule has 0 aliphatic rings. The number of Topliss-reactive ketones (excluding diaryl/α,β-unsaturated/α-hetero) is 1. The minimum atomic E-state index is -0.0990. The molecule has 0 bridgehead atoms. The van der Waals surface area contributed by atoms with Crippen molar-refractivity contribution < 1.29 is 9.59 Å². The number of ketones is 1. The number of nitrogens with one attached hydrogen (secondary N) is 1. The van der Waals surface area contributed by atoms with Crippen LogP contribution in [0.2, 0.25) is 0 Å². The van der Waals surface area contributed by atoms with Crippen LogP contribution in [0.1, 0.15) is 34.3 Å². The van der Waals surface area contributed by atoms with E-state index in [2.05, 4.69) is 5.32 Å². The summed E-state index contributed by atoms with van der Waals surface area (Å²) in [6.07, 6.45) is 0.520. The third kappa shape index (κ3) is 3.19. The van der Waals surface area contributed by atoms with E-state index in [1.807, 2.05) is 32.0 Å². The van der Waals surface area contributed by atoms with Gasteiger partial charge < -0.3 is 5.32 Å². The van der Waals surface area contributed by atoms with Gasteiger partial charge in [0.05, 0.1) is 0 Å². The van der Waals surface area contributed by atoms with Crippen LogP contribution in [0.15, 0.2) is 18.2 Å². The van der Waals surface area contributed by atoms with Crippen LogP contribution in [0.3, 0.4) is 0 Å². The van der Waals surface area contributed by atoms with Crippen LogP contribution in [0.5, 0.6) is 0 Å². The predicted molar refractivity (Wildman–Crippen MR) is 63.5 cm³/mol. The highest BCUT2D eigenvalue weighted by molar-refractivity contribution is 5.99. The summed E-state index contributed by atoms with van der Waals surface area (Å²) in [6.45, 7) is 3.91. The smallest absolute Gasteiger partial charge is 0.220 e. The van der Waals surface area contributed by atoms with Crippen molar-refractivity contribution in [3.8, 4) is 0 Å². The molecule has 0 radical (unpaired) electrons. The van der Waals surface area contributed by atoms with Gasteiger partial charge in [0.1, 0.15) is 0 Å². The average Bonchev–Trinajstić information content (AvgIpc) is 2.25. The van der Waals surface area contributed by atoms with Crippen LogP contribution < -0.4 is 5.32 Å². The summed E-state index contributed by atoms with van der Waals surface area (Å²) in [6, 6.07) is 5.73. The maximum absolute atomic E-state index is 11.8. The SMILES string of the molecule is CNC(=O)CCC(=O)c1ccc(C)cc1C. The molecule has 0 saturated carbocycles. The Hall–Kier alpha value is -1.64. The standard InChI is InChI=1S/C13H17NO2/c1-9-4-5-11(10(2)8-9)12(15)6-7-13(16)14-3/h4-5,8H,6-7H2,1-3H3,(H,14,16). The third-order valence-electron chi connectivity index (χ3n) is 2.54. The first-order valence-electron chi connectivity index (χ1n) is 5.35. The van der Waals surface area contributed by atoms with Crippen molar-refractivity contribution in [3.05, 3.63) is 34.9 Å². The molecule has 0 aromatic heterocycles. The molecule has 1 amide bonds. The summed E-state index contributed by atoms with van der Waals surface area (Å²) in [4.78, 5) is 22.8. The number of hydrogen-bond acceptors (Lipinski definition) is 2. The molecule has 3 nitrogen and oxygen atoms in total. The molecule has 86 valence electrons. The van der Waals surface area contributed by atoms with Crippen molar-refractivity contribution in [2.24, 2.45) is 0 Å². The van der Waals surface area contributed by atoms with Gasteiger partial charge in [-0.2, -0.15) is 0 Å². The molecule has 0 heterocycles. The molecular weight excluding hydrogens is 202 g/mol. The molecule has 0 aliphatic carbocycles. The largest absolute Gasteiger partial charge is 0.359 e. The summed E-state index contributed by atoms with van der Waals surface area (Å²) < 4.78 is 0. The molecule has 0 spiro atoms. The van der Waals surface area contributed by atoms with E-state index >= 15 is 0 Å². The lowest BCUT2D eigenvalue weighted by Gasteiger charge is -2.05. The highest BCUT2D eigenvalue weighted by atomic mass is 16.2. The fraction of sp³-hybridized carbons (Fsp3) is 0.385. The number of carbonyl (C=O) groups is 2. The molecule has 0 saturated heterocycles. The number of benzene rings is 1. The molecular formula is C13H17NO2. The van der Waals surface area contributed by atoms with Crippen molar-refractivity contribution in [1.82, 2.24) is 5.32 Å². The second-order valence-corrected chi connectivity index (χ2v) is 3.91. The summed E-state index contributed by atoms with van der Waals surface area (Å²) in [5.74, 6) is -0.0702. The monoisotopic (exact) mass is 219 g/mol. The molecule has 1 N–H and O–H groups in total. The molecule has 1 rings (SSSR count). The Balaban J connectivity index is 2.70. The lowest BCUT2D eigenvalue weighted by molar-refractivity contribution is -0.120. The minimum absolute atomic E-state index is 0.0288. The Labute approximate surface area is 95.9 Å². The van der Waals surface area contributed by atoms with E-state index in [1.54, 1.807) is 7.05 Å². The van der Waals surface area contributed by atoms with Crippen molar-refractivity contribution in [3.63, 3.8) is 0 Å². The highest BCUT2D eigenvalue weighted by Crippen LogP contribution is 2.13. The van der Waals surface area contributed by atoms with Gasteiger partial charge >= 0.3 is 0 Å². The maximum Gasteiger partial charge on any atom is 0.220 e. The maximum atomic E-state index is 11.8. The fourth-order valence-corrected chi connectivity index (χ4v) is 1.61. The van der Waals surface area contributed by atoms with Gasteiger partial charge in [-0.05, 0) is 19.4 Å². The molecule has 1 aromatic rings. The first-order chi connectivity index (χ1) is 7.54. The average molecular weight is 219 g/mol. The molecule has 0 fully saturated rings. The summed E-state index contributed by atoms with van der Waals surface area (Å²) in [5.41, 5.74) is 2.83. The minimum Gasteiger partial charge on any atom is -0.359 e. The zero-order chi connectivity index (χ0) is 12.1. The molecule has 0 aliphatic heterocycles. The third-order valence-corrected chi connectivity index (χ3v) is 2.54. The summed E-state index contributed by atoms with van der Waals surface area (Å²) >= 11 is 0. The number of amides is 1. The summed E-state index contributed by atoms with van der Waals surface area (Å²) in [5, 5.41) is 2.50. The quantitative estimate of drug-likeness (QED) is 0.787. The Morgan fingerprint density at radius 1 is 1.19 bits per heavy atom. The van der Waals surface area contributed by atoms with Crippen molar-refractivity contribution >= 4 is 11.7 Å². The number of hydrogen-bond donors (Lipinski definition) is 1.